The highest BCUT2D eigenvalue weighted by Crippen LogP contribution is 1.96. The Hall–Kier alpha value is -0.310. The summed E-state index contributed by atoms with van der Waals surface area (Å²) >= 11 is 3.12. The van der Waals surface area contributed by atoms with Gasteiger partial charge in [0.2, 0.25) is 0 Å². The third-order valence-corrected chi connectivity index (χ3v) is 0.803. The molecule has 0 N–H and O–H groups in total. The highest BCUT2D eigenvalue weighted by molar-refractivity contribution is 9.09. The van der Waals surface area contributed by atoms with Gasteiger partial charge >= 0.3 is 0 Å². The van der Waals surface area contributed by atoms with Gasteiger partial charge in [0.1, 0.15) is 0 Å². The monoisotopic (exact) mass is 177 g/mol. The van der Waals surface area contributed by atoms with Gasteiger partial charge in [-0.2, -0.15) is 0 Å². The second-order valence-corrected chi connectivity index (χ2v) is 2.80. The van der Waals surface area contributed by atoms with E-state index in [1.54, 1.807) is 0 Å². The van der Waals surface area contributed by atoms with E-state index in [1.165, 1.54) is 6.08 Å². The number of aliphatic carboxylic acids is 1. The molecule has 1 unspecified atom stereocenters. The minimum absolute atomic E-state index is 0.0976. The fourth-order valence-electron chi connectivity index (χ4n) is 0.211. The van der Waals surface area contributed by atoms with E-state index in [4.69, 9.17) is 0 Å². The minimum atomic E-state index is -1.16. The molecular formula is C5H6BrO2-. The van der Waals surface area contributed by atoms with E-state index < -0.39 is 5.97 Å². The molecule has 0 saturated carbocycles. The largest absolute Gasteiger partial charge is 0.545 e. The lowest BCUT2D eigenvalue weighted by Crippen LogP contribution is -2.18. The number of carbonyl (C=O) groups is 1. The predicted molar refractivity (Wildman–Crippen MR) is 32.5 cm³/mol. The van der Waals surface area contributed by atoms with Crippen LogP contribution in [0.1, 0.15) is 6.92 Å². The number of hydrogen-bond acceptors (Lipinski definition) is 2. The fourth-order valence-corrected chi connectivity index (χ4v) is 0.364. The van der Waals surface area contributed by atoms with Gasteiger partial charge in [0, 0.05) is 4.83 Å². The van der Waals surface area contributed by atoms with Gasteiger partial charge in [0.05, 0.1) is 5.97 Å². The van der Waals surface area contributed by atoms with Gasteiger partial charge in [-0.25, -0.2) is 0 Å². The lowest BCUT2D eigenvalue weighted by Gasteiger charge is -1.91. The van der Waals surface area contributed by atoms with Crippen LogP contribution in [0.2, 0.25) is 0 Å². The molecule has 0 aliphatic heterocycles. The molecule has 0 aromatic rings. The number of alkyl halides is 1. The summed E-state index contributed by atoms with van der Waals surface area (Å²) in [7, 11) is 0. The molecule has 46 valence electrons. The van der Waals surface area contributed by atoms with Gasteiger partial charge in [-0.15, -0.1) is 0 Å². The molecule has 8 heavy (non-hydrogen) atoms. The molecule has 3 heteroatoms. The third kappa shape index (κ3) is 5.69. The molecule has 0 aliphatic carbocycles. The van der Waals surface area contributed by atoms with Crippen molar-refractivity contribution in [2.45, 2.75) is 11.8 Å². The molecule has 2 nitrogen and oxygen atoms in total. The van der Waals surface area contributed by atoms with Crippen molar-refractivity contribution < 1.29 is 9.90 Å². The Morgan fingerprint density at radius 2 is 2.38 bits per heavy atom. The van der Waals surface area contributed by atoms with Gasteiger partial charge in [-0.05, 0) is 13.0 Å². The average Bonchev–Trinajstić information content (AvgIpc) is 1.61. The molecule has 0 radical (unpaired) electrons. The first-order chi connectivity index (χ1) is 3.63. The Balaban J connectivity index is 3.50. The first kappa shape index (κ1) is 7.69. The minimum Gasteiger partial charge on any atom is -0.545 e. The molecule has 0 aromatic heterocycles. The summed E-state index contributed by atoms with van der Waals surface area (Å²) < 4.78 is 0. The van der Waals surface area contributed by atoms with Gasteiger partial charge in [-0.1, -0.05) is 22.0 Å². The van der Waals surface area contributed by atoms with Crippen LogP contribution in [0, 0.1) is 0 Å². The Bertz CT molecular complexity index is 107. The van der Waals surface area contributed by atoms with Crippen LogP contribution in [0.4, 0.5) is 0 Å². The van der Waals surface area contributed by atoms with Crippen molar-refractivity contribution in [1.82, 2.24) is 0 Å². The smallest absolute Gasteiger partial charge is 0.0640 e. The van der Waals surface area contributed by atoms with Crippen molar-refractivity contribution in [2.75, 3.05) is 0 Å². The second-order valence-electron chi connectivity index (χ2n) is 1.36. The maximum Gasteiger partial charge on any atom is 0.0640 e. The average molecular weight is 178 g/mol. The Kier molecular flexibility index (Phi) is 3.52. The maximum absolute atomic E-state index is 9.68. The third-order valence-electron chi connectivity index (χ3n) is 0.497. The molecule has 0 rings (SSSR count). The van der Waals surface area contributed by atoms with E-state index in [0.29, 0.717) is 0 Å². The Morgan fingerprint density at radius 3 is 2.50 bits per heavy atom. The highest BCUT2D eigenvalue weighted by atomic mass is 79.9. The van der Waals surface area contributed by atoms with E-state index in [-0.39, 0.29) is 4.83 Å². The van der Waals surface area contributed by atoms with Crippen molar-refractivity contribution >= 4 is 21.9 Å². The number of carbonyl (C=O) groups excluding carboxylic acids is 1. The zero-order chi connectivity index (χ0) is 6.57. The molecule has 0 aliphatic rings. The maximum atomic E-state index is 9.68. The van der Waals surface area contributed by atoms with E-state index in [0.717, 1.165) is 6.08 Å². The molecule has 1 atom stereocenters. The first-order valence-electron chi connectivity index (χ1n) is 2.16. The summed E-state index contributed by atoms with van der Waals surface area (Å²) in [6, 6.07) is 0. The summed E-state index contributed by atoms with van der Waals surface area (Å²) in [5.41, 5.74) is 0. The van der Waals surface area contributed by atoms with Crippen LogP contribution in [-0.2, 0) is 4.79 Å². The molecule has 0 saturated heterocycles. The fraction of sp³-hybridized carbons (Fsp3) is 0.400. The zero-order valence-corrected chi connectivity index (χ0v) is 6.01. The van der Waals surface area contributed by atoms with Crippen molar-refractivity contribution in [3.63, 3.8) is 0 Å². The summed E-state index contributed by atoms with van der Waals surface area (Å²) in [6.07, 6.45) is 2.49. The van der Waals surface area contributed by atoms with E-state index >= 15 is 0 Å². The molecule has 0 heterocycles. The Morgan fingerprint density at radius 1 is 1.88 bits per heavy atom. The van der Waals surface area contributed by atoms with Gasteiger partial charge in [-0.3, -0.25) is 0 Å². The summed E-state index contributed by atoms with van der Waals surface area (Å²) in [5.74, 6) is -1.16. The number of hydrogen-bond donors (Lipinski definition) is 0. The zero-order valence-electron chi connectivity index (χ0n) is 4.43. The van der Waals surface area contributed by atoms with E-state index in [9.17, 15) is 9.90 Å². The van der Waals surface area contributed by atoms with E-state index in [1.807, 2.05) is 6.92 Å². The summed E-state index contributed by atoms with van der Waals surface area (Å²) in [5, 5.41) is 9.68. The van der Waals surface area contributed by atoms with Crippen LogP contribution in [0.25, 0.3) is 0 Å². The molecule has 0 amide bonds. The lowest BCUT2D eigenvalue weighted by atomic mass is 10.4. The van der Waals surface area contributed by atoms with Gasteiger partial charge < -0.3 is 9.90 Å². The van der Waals surface area contributed by atoms with Crippen LogP contribution in [0.15, 0.2) is 12.2 Å². The van der Waals surface area contributed by atoms with Crippen LogP contribution in [0.5, 0.6) is 0 Å². The lowest BCUT2D eigenvalue weighted by molar-refractivity contribution is -0.297. The molecular weight excluding hydrogens is 172 g/mol. The molecule has 0 fully saturated rings. The summed E-state index contributed by atoms with van der Waals surface area (Å²) in [4.78, 5) is 9.78. The standard InChI is InChI=1S/C5H7BrO2/c1-4(6)2-3-5(7)8/h2-4H,1H3,(H,7,8)/p-1. The quantitative estimate of drug-likeness (QED) is 0.443. The Labute approximate surface area is 56.3 Å². The topological polar surface area (TPSA) is 40.1 Å². The number of halogens is 1. The van der Waals surface area contributed by atoms with Crippen molar-refractivity contribution in [2.24, 2.45) is 0 Å². The highest BCUT2D eigenvalue weighted by Gasteiger charge is 1.82. The predicted octanol–water partition coefficient (Wildman–Crippen LogP) is 0.0759. The van der Waals surface area contributed by atoms with Crippen molar-refractivity contribution in [3.8, 4) is 0 Å². The van der Waals surface area contributed by atoms with Crippen molar-refractivity contribution in [3.05, 3.63) is 12.2 Å². The second kappa shape index (κ2) is 3.66. The van der Waals surface area contributed by atoms with Crippen LogP contribution >= 0.6 is 15.9 Å². The first-order valence-corrected chi connectivity index (χ1v) is 3.07. The van der Waals surface area contributed by atoms with E-state index in [2.05, 4.69) is 15.9 Å². The van der Waals surface area contributed by atoms with Crippen LogP contribution in [-0.4, -0.2) is 10.8 Å². The summed E-state index contributed by atoms with van der Waals surface area (Å²) in [6.45, 7) is 1.82. The molecule has 0 bridgehead atoms. The number of carboxylic acid groups (broad SMARTS) is 1. The SMILES string of the molecule is CC(Br)C=CC(=O)[O-]. The number of rotatable bonds is 2. The molecule has 0 aromatic carbocycles. The van der Waals surface area contributed by atoms with Crippen LogP contribution < -0.4 is 5.11 Å². The van der Waals surface area contributed by atoms with Gasteiger partial charge in [0.15, 0.2) is 0 Å². The van der Waals surface area contributed by atoms with Gasteiger partial charge in [0.25, 0.3) is 0 Å². The number of allylic oxidation sites excluding steroid dienone is 1. The van der Waals surface area contributed by atoms with Crippen molar-refractivity contribution in [1.29, 1.82) is 0 Å². The van der Waals surface area contributed by atoms with Crippen LogP contribution in [0.3, 0.4) is 0 Å². The normalized spacial score (nSPS) is 14.2. The molecule has 0 spiro atoms. The number of carboxylic acids is 1.